The zero-order chi connectivity index (χ0) is 18.4. The molecule has 1 fully saturated rings. The van der Waals surface area contributed by atoms with Crippen molar-refractivity contribution in [1.82, 2.24) is 15.6 Å². The van der Waals surface area contributed by atoms with Gasteiger partial charge < -0.3 is 16.0 Å². The second-order valence-corrected chi connectivity index (χ2v) is 7.54. The van der Waals surface area contributed by atoms with E-state index in [1.165, 1.54) is 29.8 Å². The number of nitrogens with one attached hydrogen (secondary N) is 3. The van der Waals surface area contributed by atoms with Crippen LogP contribution >= 0.6 is 11.3 Å². The van der Waals surface area contributed by atoms with Crippen LogP contribution in [0.1, 0.15) is 50.6 Å². The van der Waals surface area contributed by atoms with Crippen molar-refractivity contribution in [2.45, 2.75) is 57.4 Å². The number of hydrogen-bond acceptors (Lipinski definition) is 5. The third kappa shape index (κ3) is 5.39. The molecule has 2 aliphatic rings. The summed E-state index contributed by atoms with van der Waals surface area (Å²) >= 11 is 1.28. The Morgan fingerprint density at radius 3 is 2.92 bits per heavy atom. The number of thiazole rings is 1. The smallest absolute Gasteiger partial charge is 0.248 e. The van der Waals surface area contributed by atoms with Gasteiger partial charge in [0.05, 0.1) is 12.1 Å². The summed E-state index contributed by atoms with van der Waals surface area (Å²) in [4.78, 5) is 39.5. The molecule has 1 aromatic heterocycles. The molecule has 7 nitrogen and oxygen atoms in total. The fourth-order valence-electron chi connectivity index (χ4n) is 3.17. The summed E-state index contributed by atoms with van der Waals surface area (Å²) in [6.07, 6.45) is 9.09. The highest BCUT2D eigenvalue weighted by Gasteiger charge is 2.27. The molecule has 8 heteroatoms. The molecule has 1 saturated heterocycles. The van der Waals surface area contributed by atoms with Crippen LogP contribution in [-0.2, 0) is 20.8 Å². The topological polar surface area (TPSA) is 100 Å². The Kier molecular flexibility index (Phi) is 6.38. The molecular weight excluding hydrogens is 352 g/mol. The Morgan fingerprint density at radius 2 is 2.19 bits per heavy atom. The lowest BCUT2D eigenvalue weighted by Gasteiger charge is -2.12. The molecule has 26 heavy (non-hydrogen) atoms. The summed E-state index contributed by atoms with van der Waals surface area (Å²) in [5.41, 5.74) is 2.07. The molecule has 3 N–H and O–H groups in total. The molecule has 3 amide bonds. The van der Waals surface area contributed by atoms with Crippen molar-refractivity contribution < 1.29 is 14.4 Å². The van der Waals surface area contributed by atoms with E-state index in [4.69, 9.17) is 0 Å². The minimum absolute atomic E-state index is 0.0624. The van der Waals surface area contributed by atoms with E-state index in [0.29, 0.717) is 30.2 Å². The highest BCUT2D eigenvalue weighted by Crippen LogP contribution is 2.20. The number of hydrogen-bond donors (Lipinski definition) is 3. The number of amides is 3. The van der Waals surface area contributed by atoms with Crippen LogP contribution in [0.3, 0.4) is 0 Å². The van der Waals surface area contributed by atoms with Crippen LogP contribution in [0.15, 0.2) is 17.0 Å². The standard InChI is InChI=1S/C18H24N4O3S/c23-15-7-6-14(21-15)17(25)22-18-20-13(11-26-18)10-16(24)19-9-8-12-4-2-1-3-5-12/h4,11,14H,1-3,5-10H2,(H,19,24)(H,21,23)(H,20,22,25)/t14-/m1/s1. The first-order valence-corrected chi connectivity index (χ1v) is 9.97. The Hall–Kier alpha value is -2.22. The summed E-state index contributed by atoms with van der Waals surface area (Å²) in [5, 5.41) is 10.5. The highest BCUT2D eigenvalue weighted by molar-refractivity contribution is 7.13. The van der Waals surface area contributed by atoms with Crippen LogP contribution in [0.2, 0.25) is 0 Å². The van der Waals surface area contributed by atoms with Gasteiger partial charge in [-0.3, -0.25) is 14.4 Å². The summed E-state index contributed by atoms with van der Waals surface area (Å²) in [6, 6.07) is -0.493. The lowest BCUT2D eigenvalue weighted by molar-refractivity contribution is -0.122. The van der Waals surface area contributed by atoms with Gasteiger partial charge in [-0.2, -0.15) is 0 Å². The van der Waals surface area contributed by atoms with E-state index in [-0.39, 0.29) is 24.1 Å². The normalized spacial score (nSPS) is 19.6. The van der Waals surface area contributed by atoms with Crippen molar-refractivity contribution in [1.29, 1.82) is 0 Å². The summed E-state index contributed by atoms with van der Waals surface area (Å²) < 4.78 is 0. The molecule has 0 unspecified atom stereocenters. The molecule has 2 heterocycles. The molecule has 0 saturated carbocycles. The second kappa shape index (κ2) is 8.93. The van der Waals surface area contributed by atoms with Gasteiger partial charge in [-0.25, -0.2) is 4.98 Å². The van der Waals surface area contributed by atoms with Crippen LogP contribution in [0.4, 0.5) is 5.13 Å². The highest BCUT2D eigenvalue weighted by atomic mass is 32.1. The quantitative estimate of drug-likeness (QED) is 0.633. The van der Waals surface area contributed by atoms with Crippen LogP contribution in [0.5, 0.6) is 0 Å². The van der Waals surface area contributed by atoms with E-state index in [1.54, 1.807) is 5.38 Å². The molecule has 0 bridgehead atoms. The Bertz CT molecular complexity index is 713. The van der Waals surface area contributed by atoms with Crippen molar-refractivity contribution >= 4 is 34.2 Å². The minimum Gasteiger partial charge on any atom is -0.355 e. The maximum Gasteiger partial charge on any atom is 0.248 e. The van der Waals surface area contributed by atoms with Crippen molar-refractivity contribution in [2.24, 2.45) is 0 Å². The van der Waals surface area contributed by atoms with E-state index in [1.807, 2.05) is 0 Å². The van der Waals surface area contributed by atoms with Crippen LogP contribution in [-0.4, -0.2) is 35.3 Å². The average molecular weight is 376 g/mol. The average Bonchev–Trinajstić information content (AvgIpc) is 3.25. The van der Waals surface area contributed by atoms with Gasteiger partial charge in [0.2, 0.25) is 17.7 Å². The van der Waals surface area contributed by atoms with Crippen molar-refractivity contribution in [2.75, 3.05) is 11.9 Å². The molecule has 0 aromatic carbocycles. The molecule has 1 atom stereocenters. The maximum absolute atomic E-state index is 12.0. The number of nitrogens with zero attached hydrogens (tertiary/aromatic N) is 1. The molecule has 0 spiro atoms. The van der Waals surface area contributed by atoms with Crippen LogP contribution < -0.4 is 16.0 Å². The van der Waals surface area contributed by atoms with Gasteiger partial charge in [0.25, 0.3) is 0 Å². The third-order valence-electron chi connectivity index (χ3n) is 4.59. The predicted octanol–water partition coefficient (Wildman–Crippen LogP) is 1.91. The Morgan fingerprint density at radius 1 is 1.31 bits per heavy atom. The van der Waals surface area contributed by atoms with E-state index in [0.717, 1.165) is 19.3 Å². The lowest BCUT2D eigenvalue weighted by atomic mass is 9.97. The van der Waals surface area contributed by atoms with Gasteiger partial charge in [0, 0.05) is 18.3 Å². The minimum atomic E-state index is -0.493. The maximum atomic E-state index is 12.0. The molecule has 3 rings (SSSR count). The largest absolute Gasteiger partial charge is 0.355 e. The van der Waals surface area contributed by atoms with E-state index in [9.17, 15) is 14.4 Å². The number of carbonyl (C=O) groups excluding carboxylic acids is 3. The summed E-state index contributed by atoms with van der Waals surface area (Å²) in [5.74, 6) is -0.430. The zero-order valence-corrected chi connectivity index (χ0v) is 15.5. The number of anilines is 1. The van der Waals surface area contributed by atoms with Crippen LogP contribution in [0, 0.1) is 0 Å². The van der Waals surface area contributed by atoms with Gasteiger partial charge in [-0.05, 0) is 38.5 Å². The van der Waals surface area contributed by atoms with Crippen LogP contribution in [0.25, 0.3) is 0 Å². The van der Waals surface area contributed by atoms with Gasteiger partial charge in [0.1, 0.15) is 6.04 Å². The van der Waals surface area contributed by atoms with Gasteiger partial charge in [-0.1, -0.05) is 11.6 Å². The molecule has 1 aliphatic heterocycles. The van der Waals surface area contributed by atoms with E-state index >= 15 is 0 Å². The zero-order valence-electron chi connectivity index (χ0n) is 14.7. The first-order valence-electron chi connectivity index (χ1n) is 9.09. The number of aromatic nitrogens is 1. The summed E-state index contributed by atoms with van der Waals surface area (Å²) in [7, 11) is 0. The van der Waals surface area contributed by atoms with Gasteiger partial charge in [0.15, 0.2) is 5.13 Å². The number of carbonyl (C=O) groups is 3. The Balaban J connectivity index is 1.39. The second-order valence-electron chi connectivity index (χ2n) is 6.68. The van der Waals surface area contributed by atoms with Crippen molar-refractivity contribution in [3.05, 3.63) is 22.7 Å². The number of allylic oxidation sites excluding steroid dienone is 1. The molecule has 0 radical (unpaired) electrons. The molecular formula is C18H24N4O3S. The lowest BCUT2D eigenvalue weighted by Crippen LogP contribution is -2.37. The molecule has 1 aliphatic carbocycles. The van der Waals surface area contributed by atoms with E-state index < -0.39 is 6.04 Å². The fraction of sp³-hybridized carbons (Fsp3) is 0.556. The Labute approximate surface area is 156 Å². The van der Waals surface area contributed by atoms with Gasteiger partial charge >= 0.3 is 0 Å². The molecule has 140 valence electrons. The first-order chi connectivity index (χ1) is 12.6. The van der Waals surface area contributed by atoms with E-state index in [2.05, 4.69) is 27.0 Å². The molecule has 1 aromatic rings. The predicted molar refractivity (Wildman–Crippen MR) is 99.8 cm³/mol. The van der Waals surface area contributed by atoms with Gasteiger partial charge in [-0.15, -0.1) is 11.3 Å². The van der Waals surface area contributed by atoms with Crippen molar-refractivity contribution in [3.8, 4) is 0 Å². The monoisotopic (exact) mass is 376 g/mol. The number of rotatable bonds is 7. The summed E-state index contributed by atoms with van der Waals surface area (Å²) in [6.45, 7) is 0.653. The third-order valence-corrected chi connectivity index (χ3v) is 5.40. The SMILES string of the molecule is O=C(Cc1csc(NC(=O)[C@H]2CCC(=O)N2)n1)NCCC1=CCCCC1. The first kappa shape index (κ1) is 18.6. The van der Waals surface area contributed by atoms with Crippen molar-refractivity contribution in [3.63, 3.8) is 0 Å². The fourth-order valence-corrected chi connectivity index (χ4v) is 3.88.